The third-order valence-corrected chi connectivity index (χ3v) is 2.05. The molecule has 0 radical (unpaired) electrons. The molecule has 0 aliphatic carbocycles. The molecule has 0 saturated heterocycles. The first-order valence-corrected chi connectivity index (χ1v) is 4.34. The SMILES string of the molecule is C[C@H](N)c1ccc([N+](=O)[O-])c(C(F)(F)F)c1. The molecule has 0 aliphatic rings. The van der Waals surface area contributed by atoms with E-state index in [9.17, 15) is 23.3 Å². The number of hydrogen-bond donors (Lipinski definition) is 1. The number of benzene rings is 1. The van der Waals surface area contributed by atoms with Crippen molar-refractivity contribution in [3.05, 3.63) is 39.4 Å². The third kappa shape index (κ3) is 2.48. The Morgan fingerprint density at radius 2 is 2.00 bits per heavy atom. The number of nitrogens with two attached hydrogens (primary N) is 1. The lowest BCUT2D eigenvalue weighted by atomic mass is 10.0. The lowest BCUT2D eigenvalue weighted by Crippen LogP contribution is -2.12. The fraction of sp³-hybridized carbons (Fsp3) is 0.333. The Kier molecular flexibility index (Phi) is 3.18. The van der Waals surface area contributed by atoms with E-state index >= 15 is 0 Å². The Balaban J connectivity index is 3.39. The highest BCUT2D eigenvalue weighted by Gasteiger charge is 2.38. The van der Waals surface area contributed by atoms with Crippen molar-refractivity contribution in [1.82, 2.24) is 0 Å². The number of nitro groups is 1. The maximum atomic E-state index is 12.5. The van der Waals surface area contributed by atoms with Crippen molar-refractivity contribution < 1.29 is 18.1 Å². The smallest absolute Gasteiger partial charge is 0.324 e. The van der Waals surface area contributed by atoms with Crippen molar-refractivity contribution in [2.75, 3.05) is 0 Å². The van der Waals surface area contributed by atoms with E-state index in [-0.39, 0.29) is 5.56 Å². The van der Waals surface area contributed by atoms with E-state index in [4.69, 9.17) is 5.73 Å². The van der Waals surface area contributed by atoms with Gasteiger partial charge in [-0.3, -0.25) is 10.1 Å². The van der Waals surface area contributed by atoms with Crippen molar-refractivity contribution in [3.8, 4) is 0 Å². The normalized spacial score (nSPS) is 13.6. The Morgan fingerprint density at radius 1 is 1.44 bits per heavy atom. The summed E-state index contributed by atoms with van der Waals surface area (Å²) in [5.41, 5.74) is 3.39. The molecule has 2 N–H and O–H groups in total. The number of nitrogens with zero attached hydrogens (tertiary/aromatic N) is 1. The number of nitro benzene ring substituents is 1. The van der Waals surface area contributed by atoms with Crippen LogP contribution in [0.5, 0.6) is 0 Å². The maximum absolute atomic E-state index is 12.5. The molecule has 0 bridgehead atoms. The summed E-state index contributed by atoms with van der Waals surface area (Å²) < 4.78 is 37.5. The molecular formula is C9H9F3N2O2. The molecule has 0 fully saturated rings. The van der Waals surface area contributed by atoms with E-state index in [0.29, 0.717) is 6.07 Å². The predicted molar refractivity (Wildman–Crippen MR) is 50.7 cm³/mol. The van der Waals surface area contributed by atoms with Gasteiger partial charge in [0.15, 0.2) is 0 Å². The summed E-state index contributed by atoms with van der Waals surface area (Å²) in [6, 6.07) is 2.14. The molecule has 1 atom stereocenters. The quantitative estimate of drug-likeness (QED) is 0.631. The van der Waals surface area contributed by atoms with E-state index in [0.717, 1.165) is 6.07 Å². The summed E-state index contributed by atoms with van der Waals surface area (Å²) in [5, 5.41) is 10.4. The average molecular weight is 234 g/mol. The van der Waals surface area contributed by atoms with Crippen molar-refractivity contribution in [2.45, 2.75) is 19.1 Å². The second-order valence-corrected chi connectivity index (χ2v) is 3.32. The molecule has 7 heteroatoms. The Hall–Kier alpha value is -1.63. The van der Waals surface area contributed by atoms with Crippen LogP contribution >= 0.6 is 0 Å². The molecule has 0 aliphatic heterocycles. The molecule has 0 unspecified atom stereocenters. The van der Waals surface area contributed by atoms with Crippen LogP contribution in [-0.4, -0.2) is 4.92 Å². The van der Waals surface area contributed by atoms with Gasteiger partial charge in [-0.2, -0.15) is 13.2 Å². The standard InChI is InChI=1S/C9H9F3N2O2/c1-5(13)6-2-3-8(14(15)16)7(4-6)9(10,11)12/h2-5H,13H2,1H3/t5-/m0/s1. The predicted octanol–water partition coefficient (Wildman–Crippen LogP) is 2.63. The molecule has 1 aromatic carbocycles. The van der Waals surface area contributed by atoms with Gasteiger partial charge in [0.1, 0.15) is 5.56 Å². The maximum Gasteiger partial charge on any atom is 0.423 e. The molecule has 0 spiro atoms. The molecule has 0 saturated carbocycles. The van der Waals surface area contributed by atoms with E-state index < -0.39 is 28.4 Å². The highest BCUT2D eigenvalue weighted by Crippen LogP contribution is 2.37. The second kappa shape index (κ2) is 4.09. The van der Waals surface area contributed by atoms with Crippen LogP contribution in [0.3, 0.4) is 0 Å². The summed E-state index contributed by atoms with van der Waals surface area (Å²) in [7, 11) is 0. The molecule has 0 heterocycles. The molecule has 1 aromatic rings. The van der Waals surface area contributed by atoms with Crippen LogP contribution in [0.15, 0.2) is 18.2 Å². The fourth-order valence-electron chi connectivity index (χ4n) is 1.22. The zero-order valence-electron chi connectivity index (χ0n) is 8.28. The second-order valence-electron chi connectivity index (χ2n) is 3.32. The van der Waals surface area contributed by atoms with Gasteiger partial charge < -0.3 is 5.73 Å². The van der Waals surface area contributed by atoms with Crippen LogP contribution < -0.4 is 5.73 Å². The van der Waals surface area contributed by atoms with Crippen LogP contribution in [-0.2, 0) is 6.18 Å². The number of rotatable bonds is 2. The van der Waals surface area contributed by atoms with Gasteiger partial charge in [-0.05, 0) is 18.6 Å². The highest BCUT2D eigenvalue weighted by atomic mass is 19.4. The van der Waals surface area contributed by atoms with Gasteiger partial charge in [-0.1, -0.05) is 6.07 Å². The van der Waals surface area contributed by atoms with Crippen LogP contribution in [0.1, 0.15) is 24.1 Å². The first-order valence-electron chi connectivity index (χ1n) is 4.34. The van der Waals surface area contributed by atoms with E-state index in [2.05, 4.69) is 0 Å². The minimum atomic E-state index is -4.76. The minimum absolute atomic E-state index is 0.206. The van der Waals surface area contributed by atoms with Crippen molar-refractivity contribution in [3.63, 3.8) is 0 Å². The number of alkyl halides is 3. The van der Waals surface area contributed by atoms with Gasteiger partial charge in [0.05, 0.1) is 4.92 Å². The topological polar surface area (TPSA) is 69.2 Å². The van der Waals surface area contributed by atoms with Gasteiger partial charge >= 0.3 is 6.18 Å². The summed E-state index contributed by atoms with van der Waals surface area (Å²) in [4.78, 5) is 9.36. The highest BCUT2D eigenvalue weighted by molar-refractivity contribution is 5.45. The van der Waals surface area contributed by atoms with Crippen LogP contribution in [0.4, 0.5) is 18.9 Å². The van der Waals surface area contributed by atoms with Crippen molar-refractivity contribution >= 4 is 5.69 Å². The summed E-state index contributed by atoms with van der Waals surface area (Å²) in [5.74, 6) is 0. The summed E-state index contributed by atoms with van der Waals surface area (Å²) in [6.45, 7) is 1.50. The zero-order chi connectivity index (χ0) is 12.5. The van der Waals surface area contributed by atoms with Gasteiger partial charge in [0, 0.05) is 12.1 Å². The molecule has 16 heavy (non-hydrogen) atoms. The fourth-order valence-corrected chi connectivity index (χ4v) is 1.22. The van der Waals surface area contributed by atoms with Gasteiger partial charge in [-0.25, -0.2) is 0 Å². The summed E-state index contributed by atoms with van der Waals surface area (Å²) >= 11 is 0. The first kappa shape index (κ1) is 12.4. The van der Waals surface area contributed by atoms with Gasteiger partial charge in [-0.15, -0.1) is 0 Å². The lowest BCUT2D eigenvalue weighted by molar-refractivity contribution is -0.388. The van der Waals surface area contributed by atoms with Crippen molar-refractivity contribution in [2.24, 2.45) is 5.73 Å². The molecular weight excluding hydrogens is 225 g/mol. The molecule has 1 rings (SSSR count). The zero-order valence-corrected chi connectivity index (χ0v) is 8.28. The molecule has 0 aromatic heterocycles. The van der Waals surface area contributed by atoms with Crippen LogP contribution in [0.25, 0.3) is 0 Å². The van der Waals surface area contributed by atoms with Crippen LogP contribution in [0, 0.1) is 10.1 Å². The van der Waals surface area contributed by atoms with Crippen LogP contribution in [0.2, 0.25) is 0 Å². The molecule has 88 valence electrons. The first-order chi connectivity index (χ1) is 7.23. The van der Waals surface area contributed by atoms with E-state index in [1.807, 2.05) is 0 Å². The number of hydrogen-bond acceptors (Lipinski definition) is 3. The van der Waals surface area contributed by atoms with Crippen molar-refractivity contribution in [1.29, 1.82) is 0 Å². The Morgan fingerprint density at radius 3 is 2.38 bits per heavy atom. The largest absolute Gasteiger partial charge is 0.423 e. The summed E-state index contributed by atoms with van der Waals surface area (Å²) in [6.07, 6.45) is -4.76. The number of halogens is 3. The van der Waals surface area contributed by atoms with E-state index in [1.165, 1.54) is 13.0 Å². The Bertz CT molecular complexity index is 416. The van der Waals surface area contributed by atoms with E-state index in [1.54, 1.807) is 0 Å². The monoisotopic (exact) mass is 234 g/mol. The van der Waals surface area contributed by atoms with Gasteiger partial charge in [0.25, 0.3) is 5.69 Å². The molecule has 4 nitrogen and oxygen atoms in total. The average Bonchev–Trinajstić information content (AvgIpc) is 2.15. The third-order valence-electron chi connectivity index (χ3n) is 2.05. The lowest BCUT2D eigenvalue weighted by Gasteiger charge is -2.11. The van der Waals surface area contributed by atoms with Gasteiger partial charge in [0.2, 0.25) is 0 Å². The minimum Gasteiger partial charge on any atom is -0.324 e. The molecule has 0 amide bonds. The Labute approximate surface area is 89.0 Å².